The van der Waals surface area contributed by atoms with Gasteiger partial charge in [-0.15, -0.1) is 0 Å². The van der Waals surface area contributed by atoms with Crippen molar-refractivity contribution in [3.05, 3.63) is 28.3 Å². The lowest BCUT2D eigenvalue weighted by Gasteiger charge is -2.11. The highest BCUT2D eigenvalue weighted by molar-refractivity contribution is 7.71. The predicted octanol–water partition coefficient (Wildman–Crippen LogP) is 3.45. The molecule has 0 aliphatic rings. The van der Waals surface area contributed by atoms with Gasteiger partial charge in [0.2, 0.25) is 10.5 Å². The Morgan fingerprint density at radius 1 is 1.29 bits per heavy atom. The Morgan fingerprint density at radius 2 is 1.88 bits per heavy atom. The number of benzene rings is 1. The second-order valence-corrected chi connectivity index (χ2v) is 5.62. The van der Waals surface area contributed by atoms with Crippen molar-refractivity contribution in [1.29, 1.82) is 0 Å². The molecule has 2 aromatic rings. The maximum absolute atomic E-state index is 9.96. The van der Waals surface area contributed by atoms with Crippen molar-refractivity contribution in [2.75, 3.05) is 14.2 Å². The Bertz CT molecular complexity index is 753. The molecule has 130 valence electrons. The van der Waals surface area contributed by atoms with E-state index in [0.29, 0.717) is 21.8 Å². The Kier molecular flexibility index (Phi) is 5.97. The lowest BCUT2D eigenvalue weighted by atomic mass is 10.0. The van der Waals surface area contributed by atoms with Crippen LogP contribution in [0.3, 0.4) is 0 Å². The summed E-state index contributed by atoms with van der Waals surface area (Å²) in [5.74, 6) is 1.66. The highest BCUT2D eigenvalue weighted by atomic mass is 32.1. The summed E-state index contributed by atoms with van der Waals surface area (Å²) in [7, 11) is 2.96. The molecule has 0 fully saturated rings. The van der Waals surface area contributed by atoms with Crippen LogP contribution in [0.4, 0.5) is 0 Å². The molecule has 1 heterocycles. The summed E-state index contributed by atoms with van der Waals surface area (Å²) in [5.41, 5.74) is 0.708. The van der Waals surface area contributed by atoms with Crippen molar-refractivity contribution in [1.82, 2.24) is 14.9 Å². The van der Waals surface area contributed by atoms with Crippen molar-refractivity contribution in [2.45, 2.75) is 32.6 Å². The van der Waals surface area contributed by atoms with Gasteiger partial charge >= 0.3 is 0 Å². The number of methoxy groups -OCH3 is 2. The number of H-pyrrole nitrogens is 1. The van der Waals surface area contributed by atoms with Gasteiger partial charge in [-0.25, -0.2) is 0 Å². The number of nitrogens with zero attached hydrogens (tertiary/aromatic N) is 3. The molecule has 1 aromatic carbocycles. The summed E-state index contributed by atoms with van der Waals surface area (Å²) in [4.78, 5) is 0. The van der Waals surface area contributed by atoms with Gasteiger partial charge in [-0.2, -0.15) is 14.9 Å². The van der Waals surface area contributed by atoms with Gasteiger partial charge in [-0.3, -0.25) is 5.10 Å². The van der Waals surface area contributed by atoms with Gasteiger partial charge in [0.15, 0.2) is 17.3 Å². The molecule has 0 aliphatic heterocycles. The molecule has 7 nitrogen and oxygen atoms in total. The Hall–Kier alpha value is -2.35. The van der Waals surface area contributed by atoms with Crippen molar-refractivity contribution in [3.8, 4) is 17.2 Å². The molecular formula is C16H22N4O3S. The molecule has 0 aliphatic carbocycles. The monoisotopic (exact) mass is 350 g/mol. The molecule has 24 heavy (non-hydrogen) atoms. The zero-order valence-electron chi connectivity index (χ0n) is 14.2. The van der Waals surface area contributed by atoms with Crippen LogP contribution in [0.15, 0.2) is 17.2 Å². The summed E-state index contributed by atoms with van der Waals surface area (Å²) >= 11 is 5.26. The number of phenols is 1. The van der Waals surface area contributed by atoms with E-state index in [1.54, 1.807) is 23.0 Å². The van der Waals surface area contributed by atoms with Crippen LogP contribution in [0.25, 0.3) is 0 Å². The number of aromatic nitrogens is 3. The lowest BCUT2D eigenvalue weighted by molar-refractivity contribution is 0.340. The summed E-state index contributed by atoms with van der Waals surface area (Å²) in [6.45, 7) is 4.21. The van der Waals surface area contributed by atoms with Crippen LogP contribution in [-0.2, 0) is 0 Å². The van der Waals surface area contributed by atoms with Crippen molar-refractivity contribution < 1.29 is 14.6 Å². The summed E-state index contributed by atoms with van der Waals surface area (Å²) in [6, 6.07) is 3.34. The van der Waals surface area contributed by atoms with E-state index in [2.05, 4.69) is 29.1 Å². The van der Waals surface area contributed by atoms with Crippen molar-refractivity contribution in [2.24, 2.45) is 5.10 Å². The van der Waals surface area contributed by atoms with Gasteiger partial charge in [0, 0.05) is 11.5 Å². The lowest BCUT2D eigenvalue weighted by Crippen LogP contribution is -2.05. The molecule has 0 atom stereocenters. The summed E-state index contributed by atoms with van der Waals surface area (Å²) < 4.78 is 12.4. The topological polar surface area (TPSA) is 84.7 Å². The van der Waals surface area contributed by atoms with E-state index in [1.165, 1.54) is 14.2 Å². The normalized spacial score (nSPS) is 11.4. The molecule has 0 saturated carbocycles. The fourth-order valence-electron chi connectivity index (χ4n) is 2.45. The van der Waals surface area contributed by atoms with Crippen LogP contribution in [0.2, 0.25) is 0 Å². The third-order valence-electron chi connectivity index (χ3n) is 3.85. The minimum Gasteiger partial charge on any atom is -0.502 e. The molecule has 8 heteroatoms. The second-order valence-electron chi connectivity index (χ2n) is 5.23. The highest BCUT2D eigenvalue weighted by Crippen LogP contribution is 2.36. The van der Waals surface area contributed by atoms with Crippen LogP contribution in [-0.4, -0.2) is 40.4 Å². The summed E-state index contributed by atoms with van der Waals surface area (Å²) in [6.07, 6.45) is 3.53. The zero-order chi connectivity index (χ0) is 17.7. The number of aromatic hydroxyl groups is 1. The quantitative estimate of drug-likeness (QED) is 0.590. The minimum absolute atomic E-state index is 0.0465. The minimum atomic E-state index is -0.0465. The van der Waals surface area contributed by atoms with Crippen LogP contribution < -0.4 is 9.47 Å². The first-order valence-corrected chi connectivity index (χ1v) is 8.13. The molecule has 0 unspecified atom stereocenters. The molecule has 0 bridgehead atoms. The summed E-state index contributed by atoms with van der Waals surface area (Å²) in [5, 5.41) is 21.5. The smallest absolute Gasteiger partial charge is 0.216 e. The largest absolute Gasteiger partial charge is 0.502 e. The first kappa shape index (κ1) is 18.0. The van der Waals surface area contributed by atoms with E-state index in [1.807, 2.05) is 0 Å². The Balaban J connectivity index is 2.42. The SMILES string of the molecule is CCC(CC)c1n[nH]c(=S)n1/N=C\c1cc(OC)c(O)c(OC)c1. The molecule has 0 saturated heterocycles. The van der Waals surface area contributed by atoms with E-state index >= 15 is 0 Å². The van der Waals surface area contributed by atoms with Gasteiger partial charge in [0.25, 0.3) is 0 Å². The van der Waals surface area contributed by atoms with Gasteiger partial charge in [-0.05, 0) is 37.2 Å². The highest BCUT2D eigenvalue weighted by Gasteiger charge is 2.15. The second kappa shape index (κ2) is 7.96. The standard InChI is InChI=1S/C16H22N4O3S/c1-5-11(6-2)15-18-19-16(24)20(15)17-9-10-7-12(22-3)14(21)13(8-10)23-4/h7-9,11,21H,5-6H2,1-4H3,(H,19,24)/b17-9-. The van der Waals surface area contributed by atoms with Crippen molar-refractivity contribution >= 4 is 18.4 Å². The van der Waals surface area contributed by atoms with Gasteiger partial charge in [0.1, 0.15) is 0 Å². The van der Waals surface area contributed by atoms with Crippen LogP contribution >= 0.6 is 12.2 Å². The van der Waals surface area contributed by atoms with Gasteiger partial charge in [-0.1, -0.05) is 13.8 Å². The van der Waals surface area contributed by atoms with Gasteiger partial charge < -0.3 is 14.6 Å². The number of rotatable bonds is 7. The fraction of sp³-hybridized carbons (Fsp3) is 0.438. The van der Waals surface area contributed by atoms with E-state index in [4.69, 9.17) is 21.7 Å². The maximum Gasteiger partial charge on any atom is 0.216 e. The molecule has 2 N–H and O–H groups in total. The van der Waals surface area contributed by atoms with Crippen LogP contribution in [0.1, 0.15) is 44.0 Å². The van der Waals surface area contributed by atoms with E-state index in [-0.39, 0.29) is 11.7 Å². The van der Waals surface area contributed by atoms with E-state index < -0.39 is 0 Å². The number of ether oxygens (including phenoxy) is 2. The Morgan fingerprint density at radius 3 is 2.38 bits per heavy atom. The average Bonchev–Trinajstić information content (AvgIpc) is 2.96. The molecule has 2 rings (SSSR count). The van der Waals surface area contributed by atoms with Crippen molar-refractivity contribution in [3.63, 3.8) is 0 Å². The predicted molar refractivity (Wildman–Crippen MR) is 94.9 cm³/mol. The first-order chi connectivity index (χ1) is 11.5. The molecule has 0 radical (unpaired) electrons. The van der Waals surface area contributed by atoms with Crippen LogP contribution in [0.5, 0.6) is 17.2 Å². The number of phenolic OH excluding ortho intramolecular Hbond substituents is 1. The maximum atomic E-state index is 9.96. The number of hydrogen-bond donors (Lipinski definition) is 2. The average molecular weight is 350 g/mol. The van der Waals surface area contributed by atoms with E-state index in [0.717, 1.165) is 18.7 Å². The zero-order valence-corrected chi connectivity index (χ0v) is 15.1. The molecule has 0 amide bonds. The number of aromatic amines is 1. The molecule has 0 spiro atoms. The third kappa shape index (κ3) is 3.59. The van der Waals surface area contributed by atoms with Crippen LogP contribution in [0, 0.1) is 4.77 Å². The molecular weight excluding hydrogens is 328 g/mol. The van der Waals surface area contributed by atoms with Gasteiger partial charge in [0.05, 0.1) is 20.4 Å². The fourth-order valence-corrected chi connectivity index (χ4v) is 2.63. The van der Waals surface area contributed by atoms with E-state index in [9.17, 15) is 5.11 Å². The molecule has 1 aromatic heterocycles. The first-order valence-electron chi connectivity index (χ1n) is 7.72. The third-order valence-corrected chi connectivity index (χ3v) is 4.11. The Labute approximate surface area is 145 Å². The number of hydrogen-bond acceptors (Lipinski definition) is 6. The number of nitrogens with one attached hydrogen (secondary N) is 1.